The van der Waals surface area contributed by atoms with Crippen molar-refractivity contribution in [2.75, 3.05) is 18.0 Å². The Morgan fingerprint density at radius 3 is 2.22 bits per heavy atom. The van der Waals surface area contributed by atoms with Crippen LogP contribution in [0.2, 0.25) is 0 Å². The number of piperidine rings is 1. The third-order valence-electron chi connectivity index (χ3n) is 4.18. The fraction of sp³-hybridized carbons (Fsp3) is 0.571. The molecule has 3 rings (SSSR count). The second-order valence-corrected chi connectivity index (χ2v) is 5.57. The predicted molar refractivity (Wildman–Crippen MR) is 64.6 cm³/mol. The Labute approximate surface area is 105 Å². The number of hydrogen-bond acceptors (Lipinski definition) is 1. The number of hydrogen-bond donors (Lipinski definition) is 0. The van der Waals surface area contributed by atoms with Gasteiger partial charge in [-0.15, -0.1) is 0 Å². The summed E-state index contributed by atoms with van der Waals surface area (Å²) in [5.74, 6) is 0. The fourth-order valence-electron chi connectivity index (χ4n) is 2.87. The SMILES string of the molecule is FC(F)(F)c1ccc(N2CCCC3(CC3)C2)cc1. The smallest absolute Gasteiger partial charge is 0.371 e. The van der Waals surface area contributed by atoms with Crippen molar-refractivity contribution in [2.24, 2.45) is 5.41 Å². The zero-order chi connectivity index (χ0) is 12.8. The maximum Gasteiger partial charge on any atom is 0.416 e. The summed E-state index contributed by atoms with van der Waals surface area (Å²) in [6.07, 6.45) is 0.761. The van der Waals surface area contributed by atoms with E-state index in [1.165, 1.54) is 31.4 Å². The van der Waals surface area contributed by atoms with Gasteiger partial charge in [-0.05, 0) is 55.4 Å². The van der Waals surface area contributed by atoms with Crippen molar-refractivity contribution in [3.05, 3.63) is 29.8 Å². The molecule has 0 aromatic heterocycles. The van der Waals surface area contributed by atoms with E-state index < -0.39 is 11.7 Å². The molecule has 0 N–H and O–H groups in total. The second kappa shape index (κ2) is 3.90. The molecule has 1 heterocycles. The molecule has 0 atom stereocenters. The standard InChI is InChI=1S/C14H16F3N/c15-14(16,17)11-2-4-12(5-3-11)18-9-1-6-13(10-18)7-8-13/h2-5H,1,6-10H2. The molecule has 4 heteroatoms. The van der Waals surface area contributed by atoms with E-state index in [1.807, 2.05) is 0 Å². The van der Waals surface area contributed by atoms with Gasteiger partial charge in [0.2, 0.25) is 0 Å². The molecule has 1 saturated heterocycles. The number of benzene rings is 1. The Morgan fingerprint density at radius 1 is 1.00 bits per heavy atom. The van der Waals surface area contributed by atoms with Crippen LogP contribution in [0.25, 0.3) is 0 Å². The molecule has 1 aliphatic carbocycles. The highest BCUT2D eigenvalue weighted by Gasteiger charge is 2.45. The molecule has 0 amide bonds. The number of anilines is 1. The van der Waals surface area contributed by atoms with Crippen molar-refractivity contribution in [3.63, 3.8) is 0 Å². The molecular weight excluding hydrogens is 239 g/mol. The molecule has 0 bridgehead atoms. The largest absolute Gasteiger partial charge is 0.416 e. The van der Waals surface area contributed by atoms with E-state index in [-0.39, 0.29) is 0 Å². The molecule has 0 radical (unpaired) electrons. The number of alkyl halides is 3. The van der Waals surface area contributed by atoms with Gasteiger partial charge in [-0.2, -0.15) is 13.2 Å². The van der Waals surface area contributed by atoms with Crippen molar-refractivity contribution in [2.45, 2.75) is 31.9 Å². The van der Waals surface area contributed by atoms with Crippen LogP contribution in [0.3, 0.4) is 0 Å². The topological polar surface area (TPSA) is 3.24 Å². The van der Waals surface area contributed by atoms with E-state index in [4.69, 9.17) is 0 Å². The average molecular weight is 255 g/mol. The van der Waals surface area contributed by atoms with Gasteiger partial charge in [-0.3, -0.25) is 0 Å². The molecule has 2 aliphatic rings. The Balaban J connectivity index is 1.76. The van der Waals surface area contributed by atoms with Crippen molar-refractivity contribution in [3.8, 4) is 0 Å². The highest BCUT2D eigenvalue weighted by molar-refractivity contribution is 5.49. The maximum absolute atomic E-state index is 12.5. The summed E-state index contributed by atoms with van der Waals surface area (Å²) in [4.78, 5) is 2.23. The number of rotatable bonds is 1. The Morgan fingerprint density at radius 2 is 1.67 bits per heavy atom. The molecule has 1 spiro atoms. The van der Waals surface area contributed by atoms with Crippen LogP contribution in [0.1, 0.15) is 31.2 Å². The molecule has 1 aromatic carbocycles. The van der Waals surface area contributed by atoms with E-state index >= 15 is 0 Å². The van der Waals surface area contributed by atoms with Crippen LogP contribution in [0.4, 0.5) is 18.9 Å². The lowest BCUT2D eigenvalue weighted by atomic mass is 9.94. The third-order valence-corrected chi connectivity index (χ3v) is 4.18. The summed E-state index contributed by atoms with van der Waals surface area (Å²) >= 11 is 0. The molecule has 1 aliphatic heterocycles. The predicted octanol–water partition coefficient (Wildman–Crippen LogP) is 4.09. The summed E-state index contributed by atoms with van der Waals surface area (Å²) in [6.45, 7) is 1.98. The molecule has 1 aromatic rings. The monoisotopic (exact) mass is 255 g/mol. The first-order valence-corrected chi connectivity index (χ1v) is 6.41. The Hall–Kier alpha value is -1.19. The summed E-state index contributed by atoms with van der Waals surface area (Å²) in [6, 6.07) is 5.57. The van der Waals surface area contributed by atoms with Crippen LogP contribution < -0.4 is 4.90 Å². The van der Waals surface area contributed by atoms with Gasteiger partial charge in [0.25, 0.3) is 0 Å². The number of nitrogens with zero attached hydrogens (tertiary/aromatic N) is 1. The van der Waals surface area contributed by atoms with Crippen LogP contribution in [0, 0.1) is 5.41 Å². The van der Waals surface area contributed by atoms with Gasteiger partial charge >= 0.3 is 6.18 Å². The molecule has 1 nitrogen and oxygen atoms in total. The molecule has 0 unspecified atom stereocenters. The van der Waals surface area contributed by atoms with E-state index in [9.17, 15) is 13.2 Å². The highest BCUT2D eigenvalue weighted by Crippen LogP contribution is 2.52. The normalized spacial score (nSPS) is 22.3. The summed E-state index contributed by atoms with van der Waals surface area (Å²) in [7, 11) is 0. The van der Waals surface area contributed by atoms with E-state index in [0.29, 0.717) is 5.41 Å². The van der Waals surface area contributed by atoms with Crippen LogP contribution in [0.15, 0.2) is 24.3 Å². The Kier molecular flexibility index (Phi) is 2.57. The minimum atomic E-state index is -4.24. The summed E-state index contributed by atoms with van der Waals surface area (Å²) < 4.78 is 37.4. The maximum atomic E-state index is 12.5. The molecule has 18 heavy (non-hydrogen) atoms. The second-order valence-electron chi connectivity index (χ2n) is 5.57. The van der Waals surface area contributed by atoms with E-state index in [0.717, 1.165) is 25.2 Å². The lowest BCUT2D eigenvalue weighted by Crippen LogP contribution is -2.36. The fourth-order valence-corrected chi connectivity index (χ4v) is 2.87. The molecular formula is C14H16F3N. The van der Waals surface area contributed by atoms with Gasteiger partial charge in [0, 0.05) is 18.8 Å². The van der Waals surface area contributed by atoms with Crippen molar-refractivity contribution in [1.29, 1.82) is 0 Å². The van der Waals surface area contributed by atoms with Crippen molar-refractivity contribution < 1.29 is 13.2 Å². The quantitative estimate of drug-likeness (QED) is 0.730. The van der Waals surface area contributed by atoms with Gasteiger partial charge in [0.15, 0.2) is 0 Å². The summed E-state index contributed by atoms with van der Waals surface area (Å²) in [5, 5.41) is 0. The first-order chi connectivity index (χ1) is 8.49. The van der Waals surface area contributed by atoms with Crippen molar-refractivity contribution >= 4 is 5.69 Å². The highest BCUT2D eigenvalue weighted by atomic mass is 19.4. The zero-order valence-electron chi connectivity index (χ0n) is 10.1. The van der Waals surface area contributed by atoms with Crippen molar-refractivity contribution in [1.82, 2.24) is 0 Å². The van der Waals surface area contributed by atoms with Gasteiger partial charge in [0.1, 0.15) is 0 Å². The van der Waals surface area contributed by atoms with Gasteiger partial charge in [0.05, 0.1) is 5.56 Å². The average Bonchev–Trinajstić information content (AvgIpc) is 3.08. The van der Waals surface area contributed by atoms with Crippen LogP contribution in [-0.4, -0.2) is 13.1 Å². The minimum absolute atomic E-state index is 0.487. The van der Waals surface area contributed by atoms with Crippen LogP contribution >= 0.6 is 0 Å². The van der Waals surface area contributed by atoms with Crippen LogP contribution in [0.5, 0.6) is 0 Å². The van der Waals surface area contributed by atoms with E-state index in [2.05, 4.69) is 4.90 Å². The first kappa shape index (κ1) is 11.9. The first-order valence-electron chi connectivity index (χ1n) is 6.41. The lowest BCUT2D eigenvalue weighted by Gasteiger charge is -2.34. The van der Waals surface area contributed by atoms with Crippen LogP contribution in [-0.2, 0) is 6.18 Å². The molecule has 98 valence electrons. The van der Waals surface area contributed by atoms with Gasteiger partial charge in [-0.25, -0.2) is 0 Å². The zero-order valence-corrected chi connectivity index (χ0v) is 10.1. The number of halogens is 3. The van der Waals surface area contributed by atoms with Gasteiger partial charge < -0.3 is 4.90 Å². The van der Waals surface area contributed by atoms with E-state index in [1.54, 1.807) is 12.1 Å². The molecule has 2 fully saturated rings. The third kappa shape index (κ3) is 2.20. The Bertz CT molecular complexity index is 431. The summed E-state index contributed by atoms with van der Waals surface area (Å²) in [5.41, 5.74) is 0.847. The minimum Gasteiger partial charge on any atom is -0.371 e. The molecule has 1 saturated carbocycles. The lowest BCUT2D eigenvalue weighted by molar-refractivity contribution is -0.137. The van der Waals surface area contributed by atoms with Gasteiger partial charge in [-0.1, -0.05) is 0 Å².